The molecule has 9 heteroatoms. The van der Waals surface area contributed by atoms with Gasteiger partial charge in [0.25, 0.3) is 10.0 Å². The third-order valence-corrected chi connectivity index (χ3v) is 7.28. The van der Waals surface area contributed by atoms with Crippen LogP contribution in [0.1, 0.15) is 17.0 Å². The van der Waals surface area contributed by atoms with Crippen molar-refractivity contribution in [3.05, 3.63) is 77.6 Å². The fraction of sp³-hybridized carbons (Fsp3) is 0.136. The van der Waals surface area contributed by atoms with E-state index in [0.29, 0.717) is 29.0 Å². The Morgan fingerprint density at radius 3 is 2.61 bits per heavy atom. The first-order valence-electron chi connectivity index (χ1n) is 9.69. The minimum absolute atomic E-state index is 0.111. The van der Waals surface area contributed by atoms with Crippen LogP contribution >= 0.6 is 11.7 Å². The summed E-state index contributed by atoms with van der Waals surface area (Å²) in [6, 6.07) is 19.3. The zero-order valence-electron chi connectivity index (χ0n) is 16.9. The van der Waals surface area contributed by atoms with Crippen molar-refractivity contribution in [1.29, 1.82) is 0 Å². The summed E-state index contributed by atoms with van der Waals surface area (Å²) in [4.78, 5) is 0.111. The molecular weight excluding hydrogens is 430 g/mol. The lowest BCUT2D eigenvalue weighted by molar-refractivity contribution is 0.602. The van der Waals surface area contributed by atoms with Crippen LogP contribution in [0.5, 0.6) is 0 Å². The Kier molecular flexibility index (Phi) is 4.71. The molecule has 5 rings (SSSR count). The molecule has 0 unspecified atom stereocenters. The van der Waals surface area contributed by atoms with Crippen LogP contribution in [0.4, 0.5) is 5.69 Å². The van der Waals surface area contributed by atoms with Gasteiger partial charge in [0.2, 0.25) is 0 Å². The van der Waals surface area contributed by atoms with Gasteiger partial charge in [-0.15, -0.1) is 0 Å². The standard InChI is InChI=1S/C22H19N5O2S2/c1-14-21(26-31(28,29)20-12-6-11-19-22(20)25-30-24-19)15(2)27(23-14)13-17-9-5-8-16-7-3-4-10-18(16)17/h3-12,26H,13H2,1-2H3. The summed E-state index contributed by atoms with van der Waals surface area (Å²) in [5.74, 6) is 0. The quantitative estimate of drug-likeness (QED) is 0.426. The van der Waals surface area contributed by atoms with E-state index in [4.69, 9.17) is 0 Å². The molecule has 0 aliphatic carbocycles. The molecule has 0 aliphatic rings. The van der Waals surface area contributed by atoms with Crippen LogP contribution < -0.4 is 4.72 Å². The van der Waals surface area contributed by atoms with Crippen molar-refractivity contribution in [2.75, 3.05) is 4.72 Å². The highest BCUT2D eigenvalue weighted by Gasteiger charge is 2.23. The number of aromatic nitrogens is 4. The largest absolute Gasteiger partial charge is 0.276 e. The second-order valence-electron chi connectivity index (χ2n) is 7.34. The van der Waals surface area contributed by atoms with Gasteiger partial charge >= 0.3 is 0 Å². The SMILES string of the molecule is Cc1nn(Cc2cccc3ccccc23)c(C)c1NS(=O)(=O)c1cccc2nsnc12. The summed E-state index contributed by atoms with van der Waals surface area (Å²) in [5.41, 5.74) is 3.91. The molecule has 5 aromatic rings. The number of fused-ring (bicyclic) bond motifs is 2. The molecule has 3 aromatic carbocycles. The molecule has 0 amide bonds. The summed E-state index contributed by atoms with van der Waals surface area (Å²) < 4.78 is 39.1. The third-order valence-electron chi connectivity index (χ3n) is 5.36. The van der Waals surface area contributed by atoms with E-state index >= 15 is 0 Å². The summed E-state index contributed by atoms with van der Waals surface area (Å²) >= 11 is 0.993. The van der Waals surface area contributed by atoms with E-state index in [1.54, 1.807) is 19.1 Å². The van der Waals surface area contributed by atoms with E-state index in [2.05, 4.69) is 42.8 Å². The molecule has 1 N–H and O–H groups in total. The Morgan fingerprint density at radius 1 is 0.968 bits per heavy atom. The van der Waals surface area contributed by atoms with Crippen LogP contribution in [0.15, 0.2) is 65.6 Å². The Balaban J connectivity index is 1.51. The number of anilines is 1. The Bertz CT molecular complexity index is 1530. The first-order chi connectivity index (χ1) is 14.9. The monoisotopic (exact) mass is 449 g/mol. The molecule has 156 valence electrons. The van der Waals surface area contributed by atoms with Gasteiger partial charge in [-0.25, -0.2) is 8.42 Å². The van der Waals surface area contributed by atoms with E-state index in [1.807, 2.05) is 29.8 Å². The molecule has 0 radical (unpaired) electrons. The molecule has 0 saturated heterocycles. The third kappa shape index (κ3) is 3.45. The number of nitrogens with zero attached hydrogens (tertiary/aromatic N) is 4. The van der Waals surface area contributed by atoms with Gasteiger partial charge in [0.1, 0.15) is 15.9 Å². The number of hydrogen-bond donors (Lipinski definition) is 1. The van der Waals surface area contributed by atoms with Crippen LogP contribution in [0.2, 0.25) is 0 Å². The lowest BCUT2D eigenvalue weighted by Crippen LogP contribution is -2.15. The molecule has 2 aromatic heterocycles. The Hall–Kier alpha value is -3.30. The van der Waals surface area contributed by atoms with Crippen LogP contribution in [0.3, 0.4) is 0 Å². The van der Waals surface area contributed by atoms with Crippen molar-refractivity contribution in [2.24, 2.45) is 0 Å². The van der Waals surface area contributed by atoms with Crippen LogP contribution in [0.25, 0.3) is 21.8 Å². The zero-order chi connectivity index (χ0) is 21.6. The number of benzene rings is 3. The lowest BCUT2D eigenvalue weighted by atomic mass is 10.0. The molecule has 0 atom stereocenters. The van der Waals surface area contributed by atoms with Gasteiger partial charge in [-0.1, -0.05) is 48.5 Å². The minimum atomic E-state index is -3.85. The van der Waals surface area contributed by atoms with Gasteiger partial charge in [0.15, 0.2) is 0 Å². The molecule has 0 spiro atoms. The molecule has 0 fully saturated rings. The van der Waals surface area contributed by atoms with E-state index in [9.17, 15) is 8.42 Å². The lowest BCUT2D eigenvalue weighted by Gasteiger charge is -2.10. The van der Waals surface area contributed by atoms with E-state index in [1.165, 1.54) is 6.07 Å². The fourth-order valence-electron chi connectivity index (χ4n) is 3.78. The van der Waals surface area contributed by atoms with Gasteiger partial charge in [-0.3, -0.25) is 9.40 Å². The van der Waals surface area contributed by atoms with Crippen LogP contribution in [-0.2, 0) is 16.6 Å². The number of hydrogen-bond acceptors (Lipinski definition) is 6. The van der Waals surface area contributed by atoms with Crippen LogP contribution in [0, 0.1) is 13.8 Å². The number of rotatable bonds is 5. The molecule has 31 heavy (non-hydrogen) atoms. The molecule has 0 saturated carbocycles. The van der Waals surface area contributed by atoms with Crippen molar-refractivity contribution in [3.63, 3.8) is 0 Å². The molecule has 2 heterocycles. The van der Waals surface area contributed by atoms with E-state index in [-0.39, 0.29) is 4.90 Å². The normalized spacial score (nSPS) is 11.9. The second-order valence-corrected chi connectivity index (χ2v) is 9.51. The van der Waals surface area contributed by atoms with Gasteiger partial charge < -0.3 is 0 Å². The highest BCUT2D eigenvalue weighted by Crippen LogP contribution is 2.28. The second kappa shape index (κ2) is 7.44. The first-order valence-corrected chi connectivity index (χ1v) is 11.9. The topological polar surface area (TPSA) is 89.8 Å². The summed E-state index contributed by atoms with van der Waals surface area (Å²) in [6.45, 7) is 4.21. The average Bonchev–Trinajstić information content (AvgIpc) is 3.34. The highest BCUT2D eigenvalue weighted by molar-refractivity contribution is 7.93. The van der Waals surface area contributed by atoms with Gasteiger partial charge in [-0.05, 0) is 42.3 Å². The Morgan fingerprint density at radius 2 is 1.74 bits per heavy atom. The van der Waals surface area contributed by atoms with Crippen molar-refractivity contribution < 1.29 is 8.42 Å². The van der Waals surface area contributed by atoms with Crippen molar-refractivity contribution >= 4 is 49.2 Å². The van der Waals surface area contributed by atoms with Crippen molar-refractivity contribution in [1.82, 2.24) is 18.5 Å². The molecule has 0 bridgehead atoms. The van der Waals surface area contributed by atoms with Gasteiger partial charge in [0.05, 0.1) is 35.3 Å². The molecular formula is C22H19N5O2S2. The summed E-state index contributed by atoms with van der Waals surface area (Å²) in [7, 11) is -3.85. The van der Waals surface area contributed by atoms with Gasteiger partial charge in [-0.2, -0.15) is 13.8 Å². The summed E-state index contributed by atoms with van der Waals surface area (Å²) in [5, 5.41) is 6.92. The van der Waals surface area contributed by atoms with E-state index < -0.39 is 10.0 Å². The maximum absolute atomic E-state index is 13.1. The number of sulfonamides is 1. The predicted molar refractivity (Wildman–Crippen MR) is 123 cm³/mol. The first kappa shape index (κ1) is 19.7. The predicted octanol–water partition coefficient (Wildman–Crippen LogP) is 4.51. The van der Waals surface area contributed by atoms with Gasteiger partial charge in [0, 0.05) is 0 Å². The maximum Gasteiger partial charge on any atom is 0.264 e. The fourth-order valence-corrected chi connectivity index (χ4v) is 5.72. The number of aryl methyl sites for hydroxylation is 1. The highest BCUT2D eigenvalue weighted by atomic mass is 32.2. The molecule has 0 aliphatic heterocycles. The average molecular weight is 450 g/mol. The minimum Gasteiger partial charge on any atom is -0.276 e. The zero-order valence-corrected chi connectivity index (χ0v) is 18.5. The smallest absolute Gasteiger partial charge is 0.264 e. The Labute approximate surface area is 183 Å². The maximum atomic E-state index is 13.1. The van der Waals surface area contributed by atoms with Crippen LogP contribution in [-0.4, -0.2) is 26.9 Å². The summed E-state index contributed by atoms with van der Waals surface area (Å²) in [6.07, 6.45) is 0. The number of nitrogens with one attached hydrogen (secondary N) is 1. The molecule has 7 nitrogen and oxygen atoms in total. The van der Waals surface area contributed by atoms with E-state index in [0.717, 1.165) is 33.8 Å². The van der Waals surface area contributed by atoms with Crippen molar-refractivity contribution in [3.8, 4) is 0 Å². The van der Waals surface area contributed by atoms with Crippen molar-refractivity contribution in [2.45, 2.75) is 25.3 Å².